The Morgan fingerprint density at radius 2 is 1.85 bits per heavy atom. The Labute approximate surface area is 159 Å². The van der Waals surface area contributed by atoms with E-state index in [-0.39, 0.29) is 17.9 Å². The summed E-state index contributed by atoms with van der Waals surface area (Å²) in [6.07, 6.45) is 1.98. The lowest BCUT2D eigenvalue weighted by atomic mass is 9.79. The number of rotatable bonds is 3. The van der Waals surface area contributed by atoms with Crippen molar-refractivity contribution in [1.82, 2.24) is 10.2 Å². The highest BCUT2D eigenvalue weighted by Crippen LogP contribution is 2.50. The molecule has 2 fully saturated rings. The van der Waals surface area contributed by atoms with Crippen LogP contribution in [0, 0.1) is 0 Å². The van der Waals surface area contributed by atoms with Crippen LogP contribution in [-0.4, -0.2) is 41.5 Å². The van der Waals surface area contributed by atoms with Gasteiger partial charge in [-0.3, -0.25) is 9.59 Å². The molecule has 2 amide bonds. The number of ether oxygens (including phenoxy) is 1. The Hall–Kier alpha value is -1.95. The van der Waals surface area contributed by atoms with Crippen LogP contribution >= 0.6 is 0 Å². The first-order valence-electron chi connectivity index (χ1n) is 9.91. The van der Waals surface area contributed by atoms with Crippen LogP contribution in [0.1, 0.15) is 63.2 Å². The summed E-state index contributed by atoms with van der Waals surface area (Å²) in [5, 5.41) is 2.93. The SMILES string of the molecule is CC(C)NC(=O)C1OC2(CCN(C(=O)C3(F)CCC3)CC2)c2ccccc21. The fraction of sp³-hybridized carbons (Fsp3) is 0.619. The van der Waals surface area contributed by atoms with Gasteiger partial charge in [-0.05, 0) is 57.1 Å². The molecule has 0 aromatic heterocycles. The topological polar surface area (TPSA) is 58.6 Å². The second-order valence-corrected chi connectivity index (χ2v) is 8.35. The molecule has 2 aliphatic heterocycles. The molecule has 1 spiro atoms. The number of likely N-dealkylation sites (tertiary alicyclic amines) is 1. The van der Waals surface area contributed by atoms with E-state index in [9.17, 15) is 14.0 Å². The number of carbonyl (C=O) groups is 2. The molecule has 1 atom stereocenters. The summed E-state index contributed by atoms with van der Waals surface area (Å²) >= 11 is 0. The number of carbonyl (C=O) groups excluding carboxylic acids is 2. The van der Waals surface area contributed by atoms with Crippen molar-refractivity contribution in [2.45, 2.75) is 69.4 Å². The first kappa shape index (κ1) is 18.4. The van der Waals surface area contributed by atoms with E-state index < -0.39 is 17.4 Å². The highest BCUT2D eigenvalue weighted by molar-refractivity contribution is 5.86. The predicted octanol–water partition coefficient (Wildman–Crippen LogP) is 2.99. The van der Waals surface area contributed by atoms with Crippen molar-refractivity contribution >= 4 is 11.8 Å². The fourth-order valence-electron chi connectivity index (χ4n) is 4.49. The van der Waals surface area contributed by atoms with E-state index in [1.165, 1.54) is 0 Å². The van der Waals surface area contributed by atoms with Crippen LogP contribution in [0.25, 0.3) is 0 Å². The van der Waals surface area contributed by atoms with Gasteiger partial charge in [-0.15, -0.1) is 0 Å². The van der Waals surface area contributed by atoms with Crippen molar-refractivity contribution in [3.05, 3.63) is 35.4 Å². The fourth-order valence-corrected chi connectivity index (χ4v) is 4.49. The summed E-state index contributed by atoms with van der Waals surface area (Å²) in [6.45, 7) is 4.76. The molecule has 0 bridgehead atoms. The number of amides is 2. The van der Waals surface area contributed by atoms with E-state index >= 15 is 0 Å². The molecule has 1 aliphatic carbocycles. The number of hydrogen-bond acceptors (Lipinski definition) is 3. The third kappa shape index (κ3) is 3.04. The van der Waals surface area contributed by atoms with Crippen molar-refractivity contribution in [2.75, 3.05) is 13.1 Å². The zero-order valence-corrected chi connectivity index (χ0v) is 16.0. The Morgan fingerprint density at radius 1 is 1.19 bits per heavy atom. The Balaban J connectivity index is 1.53. The van der Waals surface area contributed by atoms with Crippen molar-refractivity contribution in [2.24, 2.45) is 0 Å². The molecule has 2 heterocycles. The maximum atomic E-state index is 14.5. The largest absolute Gasteiger partial charge is 0.352 e. The van der Waals surface area contributed by atoms with E-state index in [2.05, 4.69) is 5.32 Å². The van der Waals surface area contributed by atoms with E-state index in [1.807, 2.05) is 38.1 Å². The van der Waals surface area contributed by atoms with Gasteiger partial charge in [-0.2, -0.15) is 0 Å². The van der Waals surface area contributed by atoms with Gasteiger partial charge in [0.1, 0.15) is 0 Å². The summed E-state index contributed by atoms with van der Waals surface area (Å²) in [6, 6.07) is 7.86. The van der Waals surface area contributed by atoms with E-state index in [4.69, 9.17) is 4.74 Å². The highest BCUT2D eigenvalue weighted by atomic mass is 19.1. The molecule has 6 heteroatoms. The Kier molecular flexibility index (Phi) is 4.49. The second-order valence-electron chi connectivity index (χ2n) is 8.35. The molecule has 1 saturated carbocycles. The summed E-state index contributed by atoms with van der Waals surface area (Å²) in [5.74, 6) is -0.506. The van der Waals surface area contributed by atoms with Crippen molar-refractivity contribution in [1.29, 1.82) is 0 Å². The Bertz CT molecular complexity index is 752. The van der Waals surface area contributed by atoms with Crippen LogP contribution in [0.15, 0.2) is 24.3 Å². The summed E-state index contributed by atoms with van der Waals surface area (Å²) in [4.78, 5) is 26.8. The van der Waals surface area contributed by atoms with Crippen LogP contribution in [0.4, 0.5) is 4.39 Å². The number of piperidine rings is 1. The van der Waals surface area contributed by atoms with Gasteiger partial charge in [0.25, 0.3) is 11.8 Å². The molecule has 3 aliphatic rings. The van der Waals surface area contributed by atoms with Crippen LogP contribution in [-0.2, 0) is 19.9 Å². The second kappa shape index (κ2) is 6.59. The van der Waals surface area contributed by atoms with Gasteiger partial charge in [-0.25, -0.2) is 4.39 Å². The van der Waals surface area contributed by atoms with Gasteiger partial charge < -0.3 is 15.0 Å². The number of nitrogens with one attached hydrogen (secondary N) is 1. The lowest BCUT2D eigenvalue weighted by Crippen LogP contribution is -2.54. The lowest BCUT2D eigenvalue weighted by Gasteiger charge is -2.43. The molecule has 0 radical (unpaired) electrons. The van der Waals surface area contributed by atoms with Crippen molar-refractivity contribution < 1.29 is 18.7 Å². The molecule has 1 saturated heterocycles. The minimum Gasteiger partial charge on any atom is -0.352 e. The first-order chi connectivity index (χ1) is 12.8. The predicted molar refractivity (Wildman–Crippen MR) is 98.7 cm³/mol. The summed E-state index contributed by atoms with van der Waals surface area (Å²) in [5.41, 5.74) is -0.301. The number of halogens is 1. The third-order valence-corrected chi connectivity index (χ3v) is 6.13. The smallest absolute Gasteiger partial charge is 0.260 e. The molecule has 146 valence electrons. The normalized spacial score (nSPS) is 25.2. The first-order valence-corrected chi connectivity index (χ1v) is 9.91. The van der Waals surface area contributed by atoms with Gasteiger partial charge in [0.2, 0.25) is 0 Å². The van der Waals surface area contributed by atoms with Gasteiger partial charge in [0, 0.05) is 19.1 Å². The van der Waals surface area contributed by atoms with Crippen molar-refractivity contribution in [3.63, 3.8) is 0 Å². The zero-order valence-electron chi connectivity index (χ0n) is 16.0. The summed E-state index contributed by atoms with van der Waals surface area (Å²) < 4.78 is 20.8. The van der Waals surface area contributed by atoms with Crippen molar-refractivity contribution in [3.8, 4) is 0 Å². The minimum atomic E-state index is -1.65. The van der Waals surface area contributed by atoms with Gasteiger partial charge in [-0.1, -0.05) is 24.3 Å². The molecule has 1 N–H and O–H groups in total. The van der Waals surface area contributed by atoms with E-state index in [0.29, 0.717) is 38.8 Å². The molecular weight excluding hydrogens is 347 g/mol. The monoisotopic (exact) mass is 374 g/mol. The minimum absolute atomic E-state index is 0.0347. The molecule has 1 aromatic carbocycles. The Morgan fingerprint density at radius 3 is 2.44 bits per heavy atom. The molecule has 27 heavy (non-hydrogen) atoms. The summed E-state index contributed by atoms with van der Waals surface area (Å²) in [7, 11) is 0. The van der Waals surface area contributed by atoms with E-state index in [0.717, 1.165) is 17.5 Å². The molecule has 1 aromatic rings. The van der Waals surface area contributed by atoms with Gasteiger partial charge >= 0.3 is 0 Å². The van der Waals surface area contributed by atoms with Gasteiger partial charge in [0.05, 0.1) is 5.60 Å². The average molecular weight is 374 g/mol. The molecular formula is C21H27FN2O3. The van der Waals surface area contributed by atoms with Crippen LogP contribution < -0.4 is 5.32 Å². The lowest BCUT2D eigenvalue weighted by molar-refractivity contribution is -0.163. The number of benzene rings is 1. The average Bonchev–Trinajstić information content (AvgIpc) is 2.94. The highest BCUT2D eigenvalue weighted by Gasteiger charge is 2.52. The zero-order chi connectivity index (χ0) is 19.2. The quantitative estimate of drug-likeness (QED) is 0.885. The van der Waals surface area contributed by atoms with E-state index in [1.54, 1.807) is 4.90 Å². The maximum absolute atomic E-state index is 14.5. The molecule has 1 unspecified atom stereocenters. The number of nitrogens with zero attached hydrogens (tertiary/aromatic N) is 1. The molecule has 5 nitrogen and oxygen atoms in total. The standard InChI is InChI=1S/C21H27FN2O3/c1-14(2)23-18(25)17-15-6-3-4-7-16(15)21(27-17)10-12-24(13-11-21)19(26)20(22)8-5-9-20/h3-4,6-7,14,17H,5,8-13H2,1-2H3,(H,23,25). The maximum Gasteiger partial charge on any atom is 0.260 e. The van der Waals surface area contributed by atoms with Crippen LogP contribution in [0.3, 0.4) is 0 Å². The number of fused-ring (bicyclic) bond motifs is 2. The third-order valence-electron chi connectivity index (χ3n) is 6.13. The van der Waals surface area contributed by atoms with Gasteiger partial charge in [0.15, 0.2) is 11.8 Å². The van der Waals surface area contributed by atoms with Crippen LogP contribution in [0.5, 0.6) is 0 Å². The van der Waals surface area contributed by atoms with Crippen LogP contribution in [0.2, 0.25) is 0 Å². The number of alkyl halides is 1. The number of hydrogen-bond donors (Lipinski definition) is 1. The molecule has 4 rings (SSSR count).